The molecule has 0 amide bonds. The summed E-state index contributed by atoms with van der Waals surface area (Å²) in [5, 5.41) is 0. The van der Waals surface area contributed by atoms with Crippen LogP contribution in [0.25, 0.3) is 0 Å². The molecule has 10 heteroatoms. The fourth-order valence-electron chi connectivity index (χ4n) is 21.3. The molecule has 14 heterocycles. The minimum absolute atomic E-state index is 0.726. The van der Waals surface area contributed by atoms with Crippen molar-refractivity contribution in [1.29, 1.82) is 0 Å². The van der Waals surface area contributed by atoms with Crippen molar-refractivity contribution in [2.24, 2.45) is 29.1 Å². The zero-order valence-corrected chi connectivity index (χ0v) is 62.2. The zero-order chi connectivity index (χ0) is 63.0. The van der Waals surface area contributed by atoms with E-state index < -0.39 is 0 Å². The van der Waals surface area contributed by atoms with Crippen molar-refractivity contribution in [2.45, 2.75) is 321 Å². The number of piperazine rings is 3. The van der Waals surface area contributed by atoms with Crippen molar-refractivity contribution < 1.29 is 26.9 Å². The zero-order valence-electron chi connectivity index (χ0n) is 62.2. The van der Waals surface area contributed by atoms with E-state index in [2.05, 4.69) is 193 Å². The maximum atomic E-state index is 2.75. The second-order valence-corrected chi connectivity index (χ2v) is 35.9. The summed E-state index contributed by atoms with van der Waals surface area (Å²) < 4.78 is 8.38. The van der Waals surface area contributed by atoms with Crippen molar-refractivity contribution in [3.63, 3.8) is 0 Å². The van der Waals surface area contributed by atoms with Gasteiger partial charge in [0.05, 0.1) is 167 Å². The quantitative estimate of drug-likeness (QED) is 0.181. The normalized spacial score (nSPS) is 40.4. The minimum Gasteiger partial charge on any atom is -0.321 e. The Kier molecular flexibility index (Phi) is 24.5. The van der Waals surface area contributed by atoms with Crippen LogP contribution in [0.3, 0.4) is 0 Å². The van der Waals surface area contributed by atoms with Crippen molar-refractivity contribution >= 4 is 0 Å². The van der Waals surface area contributed by atoms with Crippen LogP contribution in [0.5, 0.6) is 0 Å². The van der Waals surface area contributed by atoms with Crippen molar-refractivity contribution in [1.82, 2.24) is 19.6 Å². The lowest BCUT2D eigenvalue weighted by Crippen LogP contribution is -2.66. The van der Waals surface area contributed by atoms with Crippen molar-refractivity contribution in [2.75, 3.05) is 138 Å². The Bertz CT molecular complexity index is 1970. The summed E-state index contributed by atoms with van der Waals surface area (Å²) in [5.41, 5.74) is 0.726. The Balaban J connectivity index is 0.000000146. The second kappa shape index (κ2) is 28.9. The molecule has 14 saturated heterocycles. The second-order valence-electron chi connectivity index (χ2n) is 35.9. The lowest BCUT2D eigenvalue weighted by molar-refractivity contribution is -0.966. The largest absolute Gasteiger partial charge is 0.321 e. The number of likely N-dealkylation sites (tertiary alicyclic amines) is 2. The number of likely N-dealkylation sites (N-methyl/N-ethyl adjacent to an activating group) is 1. The summed E-state index contributed by atoms with van der Waals surface area (Å²) in [5.74, 6) is 3.87. The number of rotatable bonds is 12. The molecular formula is C75H154N10+6. The van der Waals surface area contributed by atoms with Crippen LogP contribution in [0.4, 0.5) is 0 Å². The van der Waals surface area contributed by atoms with Crippen molar-refractivity contribution in [3.05, 3.63) is 0 Å². The lowest BCUT2D eigenvalue weighted by atomic mass is 9.71. The van der Waals surface area contributed by atoms with Crippen LogP contribution in [0, 0.1) is 29.1 Å². The summed E-state index contributed by atoms with van der Waals surface area (Å²) >= 11 is 0. The Hall–Kier alpha value is -0.400. The number of piperidine rings is 5. The monoisotopic (exact) mass is 1200 g/mol. The van der Waals surface area contributed by atoms with E-state index in [1.165, 1.54) is 222 Å². The molecule has 0 radical (unpaired) electrons. The number of hydrogen-bond acceptors (Lipinski definition) is 4. The van der Waals surface area contributed by atoms with Gasteiger partial charge in [0.25, 0.3) is 0 Å². The molecule has 14 aliphatic heterocycles. The number of fused-ring (bicyclic) bond motifs is 14. The van der Waals surface area contributed by atoms with E-state index >= 15 is 0 Å². The van der Waals surface area contributed by atoms with Crippen molar-refractivity contribution in [3.8, 4) is 0 Å². The molecule has 85 heavy (non-hydrogen) atoms. The first-order valence-electron chi connectivity index (χ1n) is 37.8. The van der Waals surface area contributed by atoms with E-state index in [0.717, 1.165) is 120 Å². The first kappa shape index (κ1) is 72.0. The number of quaternary nitrogens is 6. The van der Waals surface area contributed by atoms with Gasteiger partial charge < -0.3 is 26.9 Å². The molecule has 8 atom stereocenters. The SMILES string of the molecule is CC(C)C12CC[N+](C(C)C)(CC1)C2.CC(C)C1C[N+]2(C(C)C)CCC1CC2.CC(C)N1CC2CC1C[N+]2(C)C(C)C.CC(C)N1CC[N+]2(C(C)C)CCC1C2.CC(C)N1CC[N+]2(C(C)C)CCC1CC2.CC(C)N1CC[N+]2(C(C)C)CCCC2C1. The Morgan fingerprint density at radius 1 is 0.376 bits per heavy atom. The molecule has 14 fully saturated rings. The average Bonchev–Trinajstić information content (AvgIpc) is 2.63. The van der Waals surface area contributed by atoms with Gasteiger partial charge in [0, 0.05) is 125 Å². The van der Waals surface area contributed by atoms with Gasteiger partial charge in [0.15, 0.2) is 0 Å². The maximum Gasteiger partial charge on any atom is 0.104 e. The third-order valence-electron chi connectivity index (χ3n) is 29.0. The highest BCUT2D eigenvalue weighted by Crippen LogP contribution is 2.51. The van der Waals surface area contributed by atoms with Crippen LogP contribution in [0.1, 0.15) is 230 Å². The molecule has 498 valence electrons. The fourth-order valence-corrected chi connectivity index (χ4v) is 21.3. The summed E-state index contributed by atoms with van der Waals surface area (Å²) in [7, 11) is 2.45. The van der Waals surface area contributed by atoms with E-state index in [4.69, 9.17) is 0 Å². The molecule has 8 unspecified atom stereocenters. The summed E-state index contributed by atoms with van der Waals surface area (Å²) in [6.07, 6.45) is 14.6. The molecule has 0 aliphatic carbocycles. The highest BCUT2D eigenvalue weighted by atomic mass is 15.5. The lowest BCUT2D eigenvalue weighted by Gasteiger charge is -2.56. The minimum atomic E-state index is 0.726. The topological polar surface area (TPSA) is 13.0 Å². The fraction of sp³-hybridized carbons (Fsp3) is 1.00. The van der Waals surface area contributed by atoms with Gasteiger partial charge in [-0.1, -0.05) is 27.7 Å². The molecule has 14 aliphatic rings. The predicted molar refractivity (Wildman–Crippen MR) is 368 cm³/mol. The molecule has 0 spiro atoms. The van der Waals surface area contributed by atoms with Crippen LogP contribution in [-0.4, -0.2) is 275 Å². The van der Waals surface area contributed by atoms with Gasteiger partial charge in [-0.2, -0.15) is 0 Å². The first-order chi connectivity index (χ1) is 39.7. The predicted octanol–water partition coefficient (Wildman–Crippen LogP) is 13.2. The highest BCUT2D eigenvalue weighted by Gasteiger charge is 2.58. The van der Waals surface area contributed by atoms with E-state index in [0.29, 0.717) is 0 Å². The highest BCUT2D eigenvalue weighted by molar-refractivity contribution is 4.95. The van der Waals surface area contributed by atoms with E-state index in [1.54, 1.807) is 0 Å². The summed E-state index contributed by atoms with van der Waals surface area (Å²) in [4.78, 5) is 10.8. The van der Waals surface area contributed by atoms with Crippen LogP contribution >= 0.6 is 0 Å². The van der Waals surface area contributed by atoms with Gasteiger partial charge in [-0.15, -0.1) is 0 Å². The summed E-state index contributed by atoms with van der Waals surface area (Å²) in [6.45, 7) is 85.3. The number of nitrogens with zero attached hydrogens (tertiary/aromatic N) is 10. The van der Waals surface area contributed by atoms with Gasteiger partial charge in [-0.3, -0.25) is 19.6 Å². The average molecular weight is 1200 g/mol. The molecule has 0 aromatic carbocycles. The Morgan fingerprint density at radius 2 is 0.871 bits per heavy atom. The van der Waals surface area contributed by atoms with Crippen LogP contribution < -0.4 is 0 Å². The molecule has 14 rings (SSSR count). The van der Waals surface area contributed by atoms with Gasteiger partial charge in [-0.05, 0) is 156 Å². The molecular weight excluding hydrogens is 1040 g/mol. The standard InChI is InChI=1S/2C13H27N2.C13H26N.2C12H25N2.C12H24N/c1-11(2)14-7-10-15(12(3)4)8-5-13(14)6-9-15;1-11(2)14-7-9-15(12(3)4)8-5-6-13(15)10-14;1-10(2)13-9-14(11(3)4)7-5-12(13)6-8-14;1-9(2)13-7-12-6-11(13)8-14(12,5)10(3)4;1-10(2)13-6-8-14(11(3)4)7-5-12(13)9-14;1-10(2)12-5-7-13(9-12,8-6-12)11(3)4/h2*11-13H,5-10H2,1-4H3;10-13H,5-9H2,1-4H3;9-12H,6-8H2,1-5H3;10-12H,5-9H2,1-4H3;10-11H,5-9H2,1-4H3/q6*+1. The van der Waals surface area contributed by atoms with E-state index in [1.807, 2.05) is 0 Å². The number of hydrogen-bond donors (Lipinski definition) is 0. The third-order valence-corrected chi connectivity index (χ3v) is 29.0. The van der Waals surface area contributed by atoms with Gasteiger partial charge in [0.1, 0.15) is 12.1 Å². The molecule has 0 saturated carbocycles. The molecule has 0 aromatic heterocycles. The molecule has 10 nitrogen and oxygen atoms in total. The van der Waals surface area contributed by atoms with Crippen LogP contribution in [-0.2, 0) is 0 Å². The first-order valence-corrected chi connectivity index (χ1v) is 37.8. The van der Waals surface area contributed by atoms with Gasteiger partial charge >= 0.3 is 0 Å². The van der Waals surface area contributed by atoms with Gasteiger partial charge in [0.2, 0.25) is 0 Å². The third kappa shape index (κ3) is 15.2. The van der Waals surface area contributed by atoms with E-state index in [-0.39, 0.29) is 0 Å². The Labute approximate surface area is 532 Å². The molecule has 0 aromatic rings. The smallest absolute Gasteiger partial charge is 0.104 e. The summed E-state index contributed by atoms with van der Waals surface area (Å²) in [6, 6.07) is 12.4. The van der Waals surface area contributed by atoms with Gasteiger partial charge in [-0.25, -0.2) is 0 Å². The van der Waals surface area contributed by atoms with Crippen LogP contribution in [0.15, 0.2) is 0 Å². The molecule has 10 bridgehead atoms. The van der Waals surface area contributed by atoms with E-state index in [9.17, 15) is 0 Å². The Morgan fingerprint density at radius 3 is 1.31 bits per heavy atom. The molecule has 0 N–H and O–H groups in total. The van der Waals surface area contributed by atoms with Crippen LogP contribution in [0.2, 0.25) is 0 Å². The maximum absolute atomic E-state index is 2.75.